The molecule has 0 saturated carbocycles. The Morgan fingerprint density at radius 1 is 1.11 bits per heavy atom. The average Bonchev–Trinajstić information content (AvgIpc) is 2.41. The Morgan fingerprint density at radius 2 is 1.89 bits per heavy atom. The summed E-state index contributed by atoms with van der Waals surface area (Å²) in [6, 6.07) is 14.4. The highest BCUT2D eigenvalue weighted by atomic mass is 127. The summed E-state index contributed by atoms with van der Waals surface area (Å²) < 4.78 is 5.90. The van der Waals surface area contributed by atoms with Gasteiger partial charge in [-0.25, -0.2) is 0 Å². The predicted molar refractivity (Wildman–Crippen MR) is 79.8 cm³/mol. The van der Waals surface area contributed by atoms with Crippen molar-refractivity contribution < 1.29 is 9.53 Å². The Hall–Kier alpha value is -1.10. The van der Waals surface area contributed by atoms with Gasteiger partial charge in [-0.1, -0.05) is 65.1 Å². The van der Waals surface area contributed by atoms with Crippen molar-refractivity contribution in [3.8, 4) is 0 Å². The number of hydrogen-bond donors (Lipinski definition) is 0. The van der Waals surface area contributed by atoms with Gasteiger partial charge in [0.2, 0.25) is 0 Å². The molecule has 1 aliphatic heterocycles. The summed E-state index contributed by atoms with van der Waals surface area (Å²) in [4.78, 5) is 11.5. The minimum Gasteiger partial charge on any atom is -0.456 e. The highest BCUT2D eigenvalue weighted by Gasteiger charge is 2.30. The predicted octanol–water partition coefficient (Wildman–Crippen LogP) is 4.02. The molecule has 2 nitrogen and oxygen atoms in total. The van der Waals surface area contributed by atoms with Gasteiger partial charge in [-0.15, -0.1) is 0 Å². The number of esters is 1. The van der Waals surface area contributed by atoms with Crippen LogP contribution in [0.1, 0.15) is 24.5 Å². The van der Waals surface area contributed by atoms with Crippen LogP contribution in [0.4, 0.5) is 0 Å². The van der Waals surface area contributed by atoms with E-state index in [2.05, 4.69) is 46.9 Å². The van der Waals surface area contributed by atoms with E-state index in [0.29, 0.717) is 10.3 Å². The number of halogens is 1. The minimum absolute atomic E-state index is 0.0825. The number of rotatable bonds is 1. The average molecular weight is 352 g/mol. The second-order valence-electron chi connectivity index (χ2n) is 4.53. The summed E-state index contributed by atoms with van der Waals surface area (Å²) in [5, 5.41) is 2.38. The standard InChI is InChI=1S/C15H13IO2/c16-13-8-9-14(17)18-15(13)12-7-3-5-10-4-1-2-6-11(10)12/h1-7,13,15H,8-9H2/t13-,15-/m0/s1. The molecule has 0 amide bonds. The normalized spacial score (nSPS) is 23.9. The van der Waals surface area contributed by atoms with E-state index < -0.39 is 0 Å². The quantitative estimate of drug-likeness (QED) is 0.440. The molecule has 0 aromatic heterocycles. The van der Waals surface area contributed by atoms with Crippen molar-refractivity contribution in [1.82, 2.24) is 0 Å². The number of ether oxygens (including phenoxy) is 1. The van der Waals surface area contributed by atoms with Crippen molar-refractivity contribution in [2.45, 2.75) is 22.9 Å². The molecule has 92 valence electrons. The van der Waals surface area contributed by atoms with Gasteiger partial charge in [0, 0.05) is 12.0 Å². The summed E-state index contributed by atoms with van der Waals surface area (Å²) in [6.07, 6.45) is 1.32. The fourth-order valence-electron chi connectivity index (χ4n) is 2.44. The molecule has 1 aliphatic rings. The van der Waals surface area contributed by atoms with Gasteiger partial charge in [-0.2, -0.15) is 0 Å². The molecule has 1 fully saturated rings. The Bertz CT molecular complexity index is 589. The molecule has 2 aromatic rings. The highest BCUT2D eigenvalue weighted by molar-refractivity contribution is 14.1. The Labute approximate surface area is 119 Å². The molecule has 3 rings (SSSR count). The fourth-order valence-corrected chi connectivity index (χ4v) is 3.28. The summed E-state index contributed by atoms with van der Waals surface area (Å²) in [6.45, 7) is 0. The summed E-state index contributed by atoms with van der Waals surface area (Å²) in [7, 11) is 0. The molecule has 0 radical (unpaired) electrons. The van der Waals surface area contributed by atoms with Gasteiger partial charge < -0.3 is 4.74 Å². The summed E-state index contributed by atoms with van der Waals surface area (Å²) >= 11 is 2.39. The van der Waals surface area contributed by atoms with Gasteiger partial charge in [0.25, 0.3) is 0 Å². The molecule has 1 saturated heterocycles. The lowest BCUT2D eigenvalue weighted by Gasteiger charge is -2.28. The SMILES string of the molecule is O=C1CC[C@H](I)[C@H](c2cccc3ccccc23)O1. The molecule has 2 atom stereocenters. The number of hydrogen-bond acceptors (Lipinski definition) is 2. The third-order valence-electron chi connectivity index (χ3n) is 3.34. The van der Waals surface area contributed by atoms with Crippen molar-refractivity contribution in [3.63, 3.8) is 0 Å². The smallest absolute Gasteiger partial charge is 0.306 e. The van der Waals surface area contributed by atoms with Gasteiger partial charge in [0.05, 0.1) is 3.92 Å². The van der Waals surface area contributed by atoms with Crippen molar-refractivity contribution in [2.24, 2.45) is 0 Å². The van der Waals surface area contributed by atoms with Crippen LogP contribution in [0.2, 0.25) is 0 Å². The van der Waals surface area contributed by atoms with E-state index in [1.807, 2.05) is 18.2 Å². The number of carbonyl (C=O) groups excluding carboxylic acids is 1. The van der Waals surface area contributed by atoms with Crippen molar-refractivity contribution in [2.75, 3.05) is 0 Å². The van der Waals surface area contributed by atoms with Gasteiger partial charge in [-0.05, 0) is 17.2 Å². The number of alkyl halides is 1. The first-order valence-corrected chi connectivity index (χ1v) is 7.31. The first kappa shape index (κ1) is 12.0. The van der Waals surface area contributed by atoms with Crippen LogP contribution in [0.5, 0.6) is 0 Å². The zero-order valence-corrected chi connectivity index (χ0v) is 12.0. The molecule has 0 spiro atoms. The molecule has 3 heteroatoms. The maximum absolute atomic E-state index is 11.5. The molecule has 0 unspecified atom stereocenters. The third kappa shape index (κ3) is 2.11. The summed E-state index contributed by atoms with van der Waals surface area (Å²) in [5.74, 6) is -0.0825. The summed E-state index contributed by atoms with van der Waals surface area (Å²) in [5.41, 5.74) is 1.13. The van der Waals surface area contributed by atoms with Crippen LogP contribution in [0.3, 0.4) is 0 Å². The third-order valence-corrected chi connectivity index (χ3v) is 4.62. The van der Waals surface area contributed by atoms with E-state index in [0.717, 1.165) is 12.0 Å². The van der Waals surface area contributed by atoms with Crippen LogP contribution in [0.15, 0.2) is 42.5 Å². The zero-order valence-electron chi connectivity index (χ0n) is 9.80. The van der Waals surface area contributed by atoms with E-state index in [1.54, 1.807) is 0 Å². The Balaban J connectivity index is 2.10. The number of benzene rings is 2. The molecule has 18 heavy (non-hydrogen) atoms. The second kappa shape index (κ2) is 4.88. The van der Waals surface area contributed by atoms with Crippen molar-refractivity contribution in [1.29, 1.82) is 0 Å². The Morgan fingerprint density at radius 3 is 2.78 bits per heavy atom. The largest absolute Gasteiger partial charge is 0.456 e. The van der Waals surface area contributed by atoms with Crippen molar-refractivity contribution >= 4 is 39.3 Å². The molecule has 0 bridgehead atoms. The monoisotopic (exact) mass is 352 g/mol. The highest BCUT2D eigenvalue weighted by Crippen LogP contribution is 2.37. The van der Waals surface area contributed by atoms with Crippen LogP contribution in [-0.4, -0.2) is 9.89 Å². The fraction of sp³-hybridized carbons (Fsp3) is 0.267. The molecule has 0 aliphatic carbocycles. The van der Waals surface area contributed by atoms with Crippen LogP contribution in [-0.2, 0) is 9.53 Å². The van der Waals surface area contributed by atoms with Gasteiger partial charge in [0.1, 0.15) is 6.10 Å². The first-order chi connectivity index (χ1) is 8.75. The van der Waals surface area contributed by atoms with E-state index in [9.17, 15) is 4.79 Å². The van der Waals surface area contributed by atoms with Crippen LogP contribution < -0.4 is 0 Å². The van der Waals surface area contributed by atoms with Crippen LogP contribution in [0.25, 0.3) is 10.8 Å². The van der Waals surface area contributed by atoms with E-state index in [4.69, 9.17) is 4.74 Å². The van der Waals surface area contributed by atoms with Gasteiger partial charge >= 0.3 is 5.97 Å². The maximum Gasteiger partial charge on any atom is 0.306 e. The number of fused-ring (bicyclic) bond motifs is 1. The molecule has 2 aromatic carbocycles. The Kier molecular flexibility index (Phi) is 3.24. The van der Waals surface area contributed by atoms with E-state index in [1.165, 1.54) is 10.8 Å². The van der Waals surface area contributed by atoms with Crippen molar-refractivity contribution in [3.05, 3.63) is 48.0 Å². The molecule has 0 N–H and O–H groups in total. The second-order valence-corrected chi connectivity index (χ2v) is 6.13. The first-order valence-electron chi connectivity index (χ1n) is 6.07. The number of cyclic esters (lactones) is 1. The minimum atomic E-state index is -0.113. The number of carbonyl (C=O) groups is 1. The lowest BCUT2D eigenvalue weighted by atomic mass is 9.96. The van der Waals surface area contributed by atoms with Gasteiger partial charge in [0.15, 0.2) is 0 Å². The van der Waals surface area contributed by atoms with Crippen LogP contribution in [0, 0.1) is 0 Å². The van der Waals surface area contributed by atoms with E-state index in [-0.39, 0.29) is 12.1 Å². The topological polar surface area (TPSA) is 26.3 Å². The van der Waals surface area contributed by atoms with Gasteiger partial charge in [-0.3, -0.25) is 4.79 Å². The molecular weight excluding hydrogens is 339 g/mol. The molecular formula is C15H13IO2. The van der Waals surface area contributed by atoms with Crippen LogP contribution >= 0.6 is 22.6 Å². The maximum atomic E-state index is 11.5. The lowest BCUT2D eigenvalue weighted by Crippen LogP contribution is -2.26. The lowest BCUT2D eigenvalue weighted by molar-refractivity contribution is -0.153. The van der Waals surface area contributed by atoms with E-state index >= 15 is 0 Å². The molecule has 1 heterocycles. The zero-order chi connectivity index (χ0) is 12.5.